The van der Waals surface area contributed by atoms with Gasteiger partial charge in [-0.15, -0.1) is 0 Å². The van der Waals surface area contributed by atoms with Crippen molar-refractivity contribution in [2.24, 2.45) is 5.92 Å². The molecule has 1 aliphatic rings. The van der Waals surface area contributed by atoms with Gasteiger partial charge in [0.15, 0.2) is 0 Å². The molecule has 1 unspecified atom stereocenters. The number of nitrogens with zero attached hydrogens (tertiary/aromatic N) is 1. The van der Waals surface area contributed by atoms with Crippen LogP contribution in [0.25, 0.3) is 0 Å². The molecule has 22 heavy (non-hydrogen) atoms. The van der Waals surface area contributed by atoms with Crippen LogP contribution in [0.4, 0.5) is 0 Å². The molecule has 1 amide bonds. The Balaban J connectivity index is 2.16. The number of hydrogen-bond donors (Lipinski definition) is 2. The van der Waals surface area contributed by atoms with Crippen molar-refractivity contribution in [3.05, 3.63) is 29.8 Å². The molecule has 2 rings (SSSR count). The second kappa shape index (κ2) is 6.46. The van der Waals surface area contributed by atoms with E-state index in [-0.39, 0.29) is 31.0 Å². The zero-order valence-corrected chi connectivity index (χ0v) is 12.1. The fraction of sp³-hybridized carbons (Fsp3) is 0.400. The van der Waals surface area contributed by atoms with Gasteiger partial charge in [0, 0.05) is 19.4 Å². The molecule has 2 atom stereocenters. The number of benzene rings is 1. The summed E-state index contributed by atoms with van der Waals surface area (Å²) >= 11 is 0. The lowest BCUT2D eigenvalue weighted by atomic mass is 10.0. The Kier molecular flexibility index (Phi) is 4.65. The molecule has 1 aromatic rings. The van der Waals surface area contributed by atoms with Crippen molar-refractivity contribution in [3.8, 4) is 5.75 Å². The summed E-state index contributed by atoms with van der Waals surface area (Å²) in [4.78, 5) is 36.2. The molecule has 0 radical (unpaired) electrons. The first-order valence-electron chi connectivity index (χ1n) is 6.80. The molecule has 1 heterocycles. The van der Waals surface area contributed by atoms with Gasteiger partial charge in [-0.05, 0) is 17.7 Å². The molecule has 0 aliphatic carbocycles. The van der Waals surface area contributed by atoms with E-state index in [1.807, 2.05) is 0 Å². The van der Waals surface area contributed by atoms with Crippen LogP contribution in [-0.4, -0.2) is 52.7 Å². The molecular formula is C15H17NO6. The molecule has 1 aliphatic heterocycles. The number of carbonyl (C=O) groups excluding carboxylic acids is 2. The lowest BCUT2D eigenvalue weighted by Crippen LogP contribution is -2.44. The van der Waals surface area contributed by atoms with Gasteiger partial charge in [-0.2, -0.15) is 0 Å². The first-order valence-corrected chi connectivity index (χ1v) is 6.80. The van der Waals surface area contributed by atoms with E-state index in [0.29, 0.717) is 5.56 Å². The van der Waals surface area contributed by atoms with Crippen molar-refractivity contribution in [2.45, 2.75) is 18.9 Å². The number of amides is 1. The number of phenols is 1. The van der Waals surface area contributed by atoms with E-state index < -0.39 is 23.9 Å². The Morgan fingerprint density at radius 3 is 2.77 bits per heavy atom. The summed E-state index contributed by atoms with van der Waals surface area (Å²) in [6.07, 6.45) is 0.0137. The Hall–Kier alpha value is -2.57. The highest BCUT2D eigenvalue weighted by molar-refractivity contribution is 5.90. The van der Waals surface area contributed by atoms with Crippen LogP contribution < -0.4 is 0 Å². The number of carboxylic acid groups (broad SMARTS) is 1. The third-order valence-electron chi connectivity index (χ3n) is 3.69. The standard InChI is InChI=1S/C15H17NO6/c1-22-15(21)10-7-13(18)16(8-10)12(14(19)20)6-9-3-2-4-11(17)5-9/h2-5,10,12,17H,6-8H2,1H3,(H,19,20)/t10?,12-/m0/s1. The zero-order valence-electron chi connectivity index (χ0n) is 12.1. The molecule has 118 valence electrons. The van der Waals surface area contributed by atoms with Crippen LogP contribution in [0.15, 0.2) is 24.3 Å². The van der Waals surface area contributed by atoms with Crippen molar-refractivity contribution in [3.63, 3.8) is 0 Å². The van der Waals surface area contributed by atoms with Gasteiger partial charge in [-0.25, -0.2) is 4.79 Å². The summed E-state index contributed by atoms with van der Waals surface area (Å²) in [6.45, 7) is 0.0291. The topological polar surface area (TPSA) is 104 Å². The molecule has 0 saturated carbocycles. The number of hydrogen-bond acceptors (Lipinski definition) is 5. The monoisotopic (exact) mass is 307 g/mol. The average Bonchev–Trinajstić information content (AvgIpc) is 2.85. The minimum absolute atomic E-state index is 0.0291. The van der Waals surface area contributed by atoms with E-state index in [1.54, 1.807) is 12.1 Å². The first kappa shape index (κ1) is 15.8. The number of methoxy groups -OCH3 is 1. The molecule has 1 fully saturated rings. The third kappa shape index (κ3) is 3.36. The van der Waals surface area contributed by atoms with Gasteiger partial charge >= 0.3 is 11.9 Å². The lowest BCUT2D eigenvalue weighted by molar-refractivity contribution is -0.148. The van der Waals surface area contributed by atoms with Gasteiger partial charge in [0.1, 0.15) is 11.8 Å². The van der Waals surface area contributed by atoms with E-state index >= 15 is 0 Å². The van der Waals surface area contributed by atoms with Gasteiger partial charge in [0.05, 0.1) is 13.0 Å². The van der Waals surface area contributed by atoms with Crippen molar-refractivity contribution < 1.29 is 29.3 Å². The normalized spacial score (nSPS) is 19.0. The minimum Gasteiger partial charge on any atom is -0.508 e. The largest absolute Gasteiger partial charge is 0.508 e. The van der Waals surface area contributed by atoms with Crippen LogP contribution >= 0.6 is 0 Å². The van der Waals surface area contributed by atoms with Crippen LogP contribution in [-0.2, 0) is 25.5 Å². The summed E-state index contributed by atoms with van der Waals surface area (Å²) in [5, 5.41) is 18.8. The maximum atomic E-state index is 12.0. The maximum absolute atomic E-state index is 12.0. The summed E-state index contributed by atoms with van der Waals surface area (Å²) < 4.78 is 4.61. The molecule has 7 heteroatoms. The van der Waals surface area contributed by atoms with Gasteiger partial charge in [-0.1, -0.05) is 12.1 Å². The number of carbonyl (C=O) groups is 3. The highest BCUT2D eigenvalue weighted by Crippen LogP contribution is 2.24. The number of aliphatic carboxylic acids is 1. The van der Waals surface area contributed by atoms with Crippen molar-refractivity contribution in [1.82, 2.24) is 4.90 Å². The van der Waals surface area contributed by atoms with Gasteiger partial charge in [0.25, 0.3) is 0 Å². The molecule has 7 nitrogen and oxygen atoms in total. The first-order chi connectivity index (χ1) is 10.4. The molecule has 1 aromatic carbocycles. The van der Waals surface area contributed by atoms with Crippen LogP contribution in [0.3, 0.4) is 0 Å². The van der Waals surface area contributed by atoms with Crippen LogP contribution in [0.2, 0.25) is 0 Å². The molecule has 0 aromatic heterocycles. The molecule has 1 saturated heterocycles. The van der Waals surface area contributed by atoms with Crippen LogP contribution in [0.1, 0.15) is 12.0 Å². The zero-order chi connectivity index (χ0) is 16.3. The lowest BCUT2D eigenvalue weighted by Gasteiger charge is -2.24. The number of carboxylic acids is 1. The van der Waals surface area contributed by atoms with E-state index in [9.17, 15) is 24.6 Å². The highest BCUT2D eigenvalue weighted by Gasteiger charge is 2.41. The number of aromatic hydroxyl groups is 1. The number of phenolic OH excluding ortho intramolecular Hbond substituents is 1. The van der Waals surface area contributed by atoms with Crippen molar-refractivity contribution >= 4 is 17.8 Å². The fourth-order valence-corrected chi connectivity index (χ4v) is 2.59. The smallest absolute Gasteiger partial charge is 0.326 e. The SMILES string of the molecule is COC(=O)C1CC(=O)N([C@@H](Cc2cccc(O)c2)C(=O)O)C1. The van der Waals surface area contributed by atoms with Gasteiger partial charge in [-0.3, -0.25) is 9.59 Å². The van der Waals surface area contributed by atoms with Crippen LogP contribution in [0, 0.1) is 5.92 Å². The summed E-state index contributed by atoms with van der Waals surface area (Å²) in [5.74, 6) is -2.66. The average molecular weight is 307 g/mol. The maximum Gasteiger partial charge on any atom is 0.326 e. The van der Waals surface area contributed by atoms with Crippen molar-refractivity contribution in [1.29, 1.82) is 0 Å². The summed E-state index contributed by atoms with van der Waals surface area (Å²) in [7, 11) is 1.23. The molecule has 2 N–H and O–H groups in total. The van der Waals surface area contributed by atoms with Crippen LogP contribution in [0.5, 0.6) is 5.75 Å². The number of esters is 1. The van der Waals surface area contributed by atoms with E-state index in [2.05, 4.69) is 4.74 Å². The van der Waals surface area contributed by atoms with E-state index in [0.717, 1.165) is 0 Å². The van der Waals surface area contributed by atoms with E-state index in [4.69, 9.17) is 0 Å². The highest BCUT2D eigenvalue weighted by atomic mass is 16.5. The number of ether oxygens (including phenoxy) is 1. The third-order valence-corrected chi connectivity index (χ3v) is 3.69. The predicted molar refractivity (Wildman–Crippen MR) is 75.1 cm³/mol. The van der Waals surface area contributed by atoms with Gasteiger partial charge in [0.2, 0.25) is 5.91 Å². The number of rotatable bonds is 5. The second-order valence-electron chi connectivity index (χ2n) is 5.20. The summed E-state index contributed by atoms with van der Waals surface area (Å²) in [5.41, 5.74) is 0.599. The quantitative estimate of drug-likeness (QED) is 0.764. The molecule has 0 bridgehead atoms. The Bertz CT molecular complexity index is 599. The van der Waals surface area contributed by atoms with Crippen molar-refractivity contribution in [2.75, 3.05) is 13.7 Å². The summed E-state index contributed by atoms with van der Waals surface area (Å²) in [6, 6.07) is 5.13. The molecular weight excluding hydrogens is 290 g/mol. The number of likely N-dealkylation sites (tertiary alicyclic amines) is 1. The molecule has 0 spiro atoms. The minimum atomic E-state index is -1.15. The second-order valence-corrected chi connectivity index (χ2v) is 5.20. The fourth-order valence-electron chi connectivity index (χ4n) is 2.59. The Morgan fingerprint density at radius 2 is 2.18 bits per heavy atom. The Labute approximate surface area is 127 Å². The Morgan fingerprint density at radius 1 is 1.45 bits per heavy atom. The predicted octanol–water partition coefficient (Wildman–Crippen LogP) is 0.409. The van der Waals surface area contributed by atoms with E-state index in [1.165, 1.54) is 24.1 Å². The van der Waals surface area contributed by atoms with Gasteiger partial charge < -0.3 is 19.8 Å².